The van der Waals surface area contributed by atoms with Gasteiger partial charge in [0.25, 0.3) is 0 Å². The molecule has 18 heavy (non-hydrogen) atoms. The number of carbonyl (C=O) groups excluding carboxylic acids is 2. The second-order valence-electron chi connectivity index (χ2n) is 3.83. The van der Waals surface area contributed by atoms with E-state index in [0.29, 0.717) is 6.42 Å². The number of hydrogen-bond donors (Lipinski definition) is 1. The average molecular weight is 247 g/mol. The van der Waals surface area contributed by atoms with Crippen LogP contribution in [-0.2, 0) is 14.3 Å². The molecule has 0 aromatic heterocycles. The van der Waals surface area contributed by atoms with Crippen LogP contribution in [0.5, 0.6) is 0 Å². The topological polar surface area (TPSA) is 55.4 Å². The number of nitrogens with one attached hydrogen (secondary N) is 1. The van der Waals surface area contributed by atoms with Crippen LogP contribution in [0.2, 0.25) is 0 Å². The minimum atomic E-state index is -0.632. The Morgan fingerprint density at radius 1 is 1.33 bits per heavy atom. The van der Waals surface area contributed by atoms with Crippen molar-refractivity contribution in [1.82, 2.24) is 5.32 Å². The second kappa shape index (κ2) is 7.27. The molecule has 1 aromatic rings. The highest BCUT2D eigenvalue weighted by Crippen LogP contribution is 2.04. The van der Waals surface area contributed by atoms with Crippen molar-refractivity contribution in [3.63, 3.8) is 0 Å². The Morgan fingerprint density at radius 2 is 2.00 bits per heavy atom. The SMILES string of the molecule is COC(=O)C(CC=Cc1ccccc1)NC(C)=O. The van der Waals surface area contributed by atoms with Crippen LogP contribution in [0.4, 0.5) is 0 Å². The summed E-state index contributed by atoms with van der Waals surface area (Å²) in [7, 11) is 1.30. The molecule has 4 heteroatoms. The molecule has 1 aromatic carbocycles. The van der Waals surface area contributed by atoms with Gasteiger partial charge in [0.2, 0.25) is 5.91 Å². The Hall–Kier alpha value is -2.10. The van der Waals surface area contributed by atoms with E-state index in [0.717, 1.165) is 5.56 Å². The second-order valence-corrected chi connectivity index (χ2v) is 3.83. The maximum Gasteiger partial charge on any atom is 0.328 e. The Bertz CT molecular complexity index is 426. The van der Waals surface area contributed by atoms with Crippen LogP contribution < -0.4 is 5.32 Å². The summed E-state index contributed by atoms with van der Waals surface area (Å²) in [4.78, 5) is 22.4. The molecule has 1 N–H and O–H groups in total. The Balaban J connectivity index is 2.59. The summed E-state index contributed by atoms with van der Waals surface area (Å²) in [6.07, 6.45) is 4.14. The molecule has 0 radical (unpaired) electrons. The number of benzene rings is 1. The maximum atomic E-state index is 11.4. The first-order valence-electron chi connectivity index (χ1n) is 5.70. The van der Waals surface area contributed by atoms with Gasteiger partial charge in [0.1, 0.15) is 6.04 Å². The zero-order valence-corrected chi connectivity index (χ0v) is 10.6. The van der Waals surface area contributed by atoms with Crippen LogP contribution >= 0.6 is 0 Å². The van der Waals surface area contributed by atoms with Crippen LogP contribution in [0.1, 0.15) is 18.9 Å². The van der Waals surface area contributed by atoms with Crippen molar-refractivity contribution in [2.75, 3.05) is 7.11 Å². The van der Waals surface area contributed by atoms with E-state index in [-0.39, 0.29) is 5.91 Å². The van der Waals surface area contributed by atoms with E-state index in [1.165, 1.54) is 14.0 Å². The molecule has 0 aliphatic rings. The highest BCUT2D eigenvalue weighted by Gasteiger charge is 2.17. The summed E-state index contributed by atoms with van der Waals surface area (Å²) in [5, 5.41) is 2.55. The molecule has 1 atom stereocenters. The Morgan fingerprint density at radius 3 is 2.56 bits per heavy atom. The van der Waals surface area contributed by atoms with E-state index in [1.807, 2.05) is 42.5 Å². The smallest absolute Gasteiger partial charge is 0.328 e. The predicted molar refractivity (Wildman–Crippen MR) is 69.7 cm³/mol. The third-order valence-electron chi connectivity index (χ3n) is 2.34. The number of hydrogen-bond acceptors (Lipinski definition) is 3. The molecule has 1 unspecified atom stereocenters. The lowest BCUT2D eigenvalue weighted by atomic mass is 10.1. The third-order valence-corrected chi connectivity index (χ3v) is 2.34. The first-order chi connectivity index (χ1) is 8.63. The Kier molecular flexibility index (Phi) is 5.64. The number of rotatable bonds is 5. The van der Waals surface area contributed by atoms with Gasteiger partial charge in [-0.1, -0.05) is 42.5 Å². The quantitative estimate of drug-likeness (QED) is 0.807. The maximum absolute atomic E-state index is 11.4. The lowest BCUT2D eigenvalue weighted by molar-refractivity contribution is -0.144. The van der Waals surface area contributed by atoms with E-state index in [4.69, 9.17) is 0 Å². The molecular weight excluding hydrogens is 230 g/mol. The zero-order chi connectivity index (χ0) is 13.4. The standard InChI is InChI=1S/C14H17NO3/c1-11(16)15-13(14(17)18-2)10-6-9-12-7-4-3-5-8-12/h3-9,13H,10H2,1-2H3,(H,15,16). The molecule has 0 saturated carbocycles. The fraction of sp³-hybridized carbons (Fsp3) is 0.286. The van der Waals surface area contributed by atoms with Crippen molar-refractivity contribution in [2.45, 2.75) is 19.4 Å². The van der Waals surface area contributed by atoms with Crippen LogP contribution in [-0.4, -0.2) is 25.0 Å². The first-order valence-corrected chi connectivity index (χ1v) is 5.70. The summed E-state index contributed by atoms with van der Waals surface area (Å²) >= 11 is 0. The average Bonchev–Trinajstić information content (AvgIpc) is 2.37. The molecule has 0 heterocycles. The third kappa shape index (κ3) is 4.82. The van der Waals surface area contributed by atoms with Crippen molar-refractivity contribution < 1.29 is 14.3 Å². The van der Waals surface area contributed by atoms with E-state index in [1.54, 1.807) is 0 Å². The molecule has 0 spiro atoms. The van der Waals surface area contributed by atoms with Gasteiger partial charge in [0.05, 0.1) is 7.11 Å². The number of amides is 1. The number of methoxy groups -OCH3 is 1. The lowest BCUT2D eigenvalue weighted by Gasteiger charge is -2.12. The minimum Gasteiger partial charge on any atom is -0.467 e. The summed E-state index contributed by atoms with van der Waals surface area (Å²) in [5.74, 6) is -0.693. The van der Waals surface area contributed by atoms with E-state index in [2.05, 4.69) is 10.1 Å². The number of carbonyl (C=O) groups is 2. The number of ether oxygens (including phenoxy) is 1. The minimum absolute atomic E-state index is 0.251. The molecule has 1 amide bonds. The highest BCUT2D eigenvalue weighted by molar-refractivity contribution is 5.83. The number of esters is 1. The van der Waals surface area contributed by atoms with E-state index < -0.39 is 12.0 Å². The molecule has 1 rings (SSSR count). The van der Waals surface area contributed by atoms with Gasteiger partial charge in [-0.3, -0.25) is 4.79 Å². The Labute approximate surface area is 107 Å². The van der Waals surface area contributed by atoms with Crippen molar-refractivity contribution in [3.05, 3.63) is 42.0 Å². The molecule has 96 valence electrons. The molecule has 0 saturated heterocycles. The van der Waals surface area contributed by atoms with Crippen molar-refractivity contribution in [1.29, 1.82) is 0 Å². The highest BCUT2D eigenvalue weighted by atomic mass is 16.5. The first kappa shape index (κ1) is 14.0. The van der Waals surface area contributed by atoms with Crippen LogP contribution in [0.25, 0.3) is 6.08 Å². The summed E-state index contributed by atoms with van der Waals surface area (Å²) in [5.41, 5.74) is 1.05. The van der Waals surface area contributed by atoms with Gasteiger partial charge < -0.3 is 10.1 Å². The van der Waals surface area contributed by atoms with Gasteiger partial charge in [-0.15, -0.1) is 0 Å². The van der Waals surface area contributed by atoms with Crippen LogP contribution in [0.3, 0.4) is 0 Å². The fourth-order valence-electron chi connectivity index (χ4n) is 1.51. The van der Waals surface area contributed by atoms with Gasteiger partial charge in [-0.05, 0) is 12.0 Å². The molecule has 0 bridgehead atoms. The van der Waals surface area contributed by atoms with Gasteiger partial charge in [0.15, 0.2) is 0 Å². The van der Waals surface area contributed by atoms with Gasteiger partial charge >= 0.3 is 5.97 Å². The molecular formula is C14H17NO3. The summed E-state index contributed by atoms with van der Waals surface area (Å²) in [6, 6.07) is 9.10. The zero-order valence-electron chi connectivity index (χ0n) is 10.6. The fourth-order valence-corrected chi connectivity index (χ4v) is 1.51. The van der Waals surface area contributed by atoms with Crippen molar-refractivity contribution in [2.24, 2.45) is 0 Å². The summed E-state index contributed by atoms with van der Waals surface area (Å²) < 4.78 is 4.63. The van der Waals surface area contributed by atoms with Gasteiger partial charge in [-0.2, -0.15) is 0 Å². The molecule has 0 aliphatic heterocycles. The lowest BCUT2D eigenvalue weighted by Crippen LogP contribution is -2.39. The van der Waals surface area contributed by atoms with Crippen LogP contribution in [0, 0.1) is 0 Å². The van der Waals surface area contributed by atoms with E-state index in [9.17, 15) is 9.59 Å². The van der Waals surface area contributed by atoms with Crippen LogP contribution in [0.15, 0.2) is 36.4 Å². The predicted octanol–water partition coefficient (Wildman–Crippen LogP) is 1.77. The molecule has 0 aliphatic carbocycles. The van der Waals surface area contributed by atoms with Crippen molar-refractivity contribution in [3.8, 4) is 0 Å². The monoisotopic (exact) mass is 247 g/mol. The molecule has 4 nitrogen and oxygen atoms in total. The largest absolute Gasteiger partial charge is 0.467 e. The summed E-state index contributed by atoms with van der Waals surface area (Å²) in [6.45, 7) is 1.37. The van der Waals surface area contributed by atoms with E-state index >= 15 is 0 Å². The van der Waals surface area contributed by atoms with Gasteiger partial charge in [-0.25, -0.2) is 4.79 Å². The van der Waals surface area contributed by atoms with Gasteiger partial charge in [0, 0.05) is 6.92 Å². The molecule has 0 fully saturated rings. The van der Waals surface area contributed by atoms with Crippen molar-refractivity contribution >= 4 is 18.0 Å². The normalized spacial score (nSPS) is 12.1.